The van der Waals surface area contributed by atoms with Crippen LogP contribution in [0.25, 0.3) is 0 Å². The van der Waals surface area contributed by atoms with Gasteiger partial charge in [-0.25, -0.2) is 0 Å². The monoisotopic (exact) mass is 241 g/mol. The Morgan fingerprint density at radius 2 is 2.18 bits per heavy atom. The molecule has 0 saturated carbocycles. The Morgan fingerprint density at radius 1 is 1.41 bits per heavy atom. The Bertz CT molecular complexity index is 254. The first-order valence-electron chi connectivity index (χ1n) is 6.67. The highest BCUT2D eigenvalue weighted by molar-refractivity contribution is 5.82. The van der Waals surface area contributed by atoms with E-state index in [0.29, 0.717) is 13.0 Å². The summed E-state index contributed by atoms with van der Waals surface area (Å²) in [5.41, 5.74) is 0. The summed E-state index contributed by atoms with van der Waals surface area (Å²) in [5, 5.41) is 15.3. The molecule has 2 rings (SSSR count). The van der Waals surface area contributed by atoms with Gasteiger partial charge < -0.3 is 20.6 Å². The van der Waals surface area contributed by atoms with E-state index in [1.807, 2.05) is 0 Å². The lowest BCUT2D eigenvalue weighted by Crippen LogP contribution is -2.41. The second-order valence-electron chi connectivity index (χ2n) is 5.04. The smallest absolute Gasteiger partial charge is 0.237 e. The van der Waals surface area contributed by atoms with Crippen LogP contribution in [-0.4, -0.2) is 60.8 Å². The van der Waals surface area contributed by atoms with Crippen LogP contribution in [0.2, 0.25) is 0 Å². The van der Waals surface area contributed by atoms with Gasteiger partial charge in [0.2, 0.25) is 5.91 Å². The molecule has 2 aliphatic rings. The van der Waals surface area contributed by atoms with Gasteiger partial charge in [-0.3, -0.25) is 4.79 Å². The normalized spacial score (nSPS) is 29.7. The molecular formula is C12H23N3O2. The number of hydrogen-bond acceptors (Lipinski definition) is 4. The molecule has 2 heterocycles. The van der Waals surface area contributed by atoms with Gasteiger partial charge in [-0.15, -0.1) is 0 Å². The number of carbonyl (C=O) groups excluding carboxylic acids is 1. The van der Waals surface area contributed by atoms with Gasteiger partial charge >= 0.3 is 0 Å². The predicted octanol–water partition coefficient (Wildman–Crippen LogP) is -0.689. The minimum Gasteiger partial charge on any atom is -0.392 e. The number of rotatable bonds is 5. The third kappa shape index (κ3) is 3.94. The van der Waals surface area contributed by atoms with Crippen molar-refractivity contribution in [3.05, 3.63) is 0 Å². The summed E-state index contributed by atoms with van der Waals surface area (Å²) in [6.07, 6.45) is 3.82. The summed E-state index contributed by atoms with van der Waals surface area (Å²) in [7, 11) is 0. The van der Waals surface area contributed by atoms with Crippen LogP contribution in [0.3, 0.4) is 0 Å². The number of nitrogens with one attached hydrogen (secondary N) is 2. The minimum absolute atomic E-state index is 0.0305. The van der Waals surface area contributed by atoms with Crippen LogP contribution in [0.5, 0.6) is 0 Å². The molecule has 0 aromatic heterocycles. The molecule has 0 aliphatic carbocycles. The quantitative estimate of drug-likeness (QED) is 0.558. The van der Waals surface area contributed by atoms with Crippen molar-refractivity contribution in [2.75, 3.05) is 32.7 Å². The van der Waals surface area contributed by atoms with E-state index in [4.69, 9.17) is 0 Å². The maximum Gasteiger partial charge on any atom is 0.237 e. The van der Waals surface area contributed by atoms with Crippen LogP contribution in [0.4, 0.5) is 0 Å². The molecule has 2 unspecified atom stereocenters. The lowest BCUT2D eigenvalue weighted by Gasteiger charge is -2.15. The van der Waals surface area contributed by atoms with Crippen molar-refractivity contribution in [1.29, 1.82) is 0 Å². The van der Waals surface area contributed by atoms with Crippen molar-refractivity contribution in [3.63, 3.8) is 0 Å². The number of hydrogen-bond donors (Lipinski definition) is 3. The molecule has 3 N–H and O–H groups in total. The van der Waals surface area contributed by atoms with E-state index >= 15 is 0 Å². The molecule has 0 bridgehead atoms. The zero-order valence-corrected chi connectivity index (χ0v) is 10.3. The number of nitrogens with zero attached hydrogens (tertiary/aromatic N) is 1. The lowest BCUT2D eigenvalue weighted by atomic mass is 10.2. The molecule has 1 amide bonds. The highest BCUT2D eigenvalue weighted by Crippen LogP contribution is 2.07. The van der Waals surface area contributed by atoms with E-state index < -0.39 is 0 Å². The van der Waals surface area contributed by atoms with E-state index in [1.54, 1.807) is 0 Å². The van der Waals surface area contributed by atoms with Gasteiger partial charge in [-0.2, -0.15) is 0 Å². The fraction of sp³-hybridized carbons (Fsp3) is 0.917. The summed E-state index contributed by atoms with van der Waals surface area (Å²) in [6.45, 7) is 4.78. The maximum absolute atomic E-state index is 11.7. The molecule has 0 radical (unpaired) electrons. The molecule has 0 aromatic carbocycles. The number of aliphatic hydroxyl groups excluding tert-OH is 1. The van der Waals surface area contributed by atoms with Crippen molar-refractivity contribution in [2.45, 2.75) is 37.8 Å². The first-order chi connectivity index (χ1) is 8.25. The van der Waals surface area contributed by atoms with Gasteiger partial charge in [-0.05, 0) is 45.3 Å². The Labute approximate surface area is 103 Å². The molecule has 17 heavy (non-hydrogen) atoms. The van der Waals surface area contributed by atoms with Crippen molar-refractivity contribution in [2.24, 2.45) is 0 Å². The Kier molecular flexibility index (Phi) is 4.76. The summed E-state index contributed by atoms with van der Waals surface area (Å²) in [5.74, 6) is 0.0305. The van der Waals surface area contributed by atoms with Crippen LogP contribution < -0.4 is 10.6 Å². The molecule has 98 valence electrons. The fourth-order valence-electron chi connectivity index (χ4n) is 2.56. The van der Waals surface area contributed by atoms with Gasteiger partial charge in [0.15, 0.2) is 0 Å². The number of carbonyl (C=O) groups is 1. The molecule has 0 spiro atoms. The zero-order valence-electron chi connectivity index (χ0n) is 10.3. The van der Waals surface area contributed by atoms with E-state index in [9.17, 15) is 9.90 Å². The van der Waals surface area contributed by atoms with Crippen LogP contribution in [0.1, 0.15) is 25.7 Å². The fourth-order valence-corrected chi connectivity index (χ4v) is 2.56. The Morgan fingerprint density at radius 3 is 2.82 bits per heavy atom. The van der Waals surface area contributed by atoms with E-state index in [-0.39, 0.29) is 18.1 Å². The highest BCUT2D eigenvalue weighted by Gasteiger charge is 2.27. The van der Waals surface area contributed by atoms with Crippen LogP contribution >= 0.6 is 0 Å². The number of β-amino-alcohol motifs (C(OH)–C–C–N with tert-alkyl or cyclic N) is 1. The minimum atomic E-state index is -0.365. The zero-order chi connectivity index (χ0) is 12.1. The maximum atomic E-state index is 11.7. The number of likely N-dealkylation sites (tertiary alicyclic amines) is 1. The lowest BCUT2D eigenvalue weighted by molar-refractivity contribution is -0.122. The number of amides is 1. The molecular weight excluding hydrogens is 218 g/mol. The first-order valence-corrected chi connectivity index (χ1v) is 6.67. The Hall–Kier alpha value is -0.650. The molecule has 2 saturated heterocycles. The predicted molar refractivity (Wildman–Crippen MR) is 65.7 cm³/mol. The van der Waals surface area contributed by atoms with Crippen molar-refractivity contribution in [1.82, 2.24) is 15.5 Å². The van der Waals surface area contributed by atoms with Crippen molar-refractivity contribution < 1.29 is 9.90 Å². The van der Waals surface area contributed by atoms with Gasteiger partial charge in [0.05, 0.1) is 12.1 Å². The summed E-state index contributed by atoms with van der Waals surface area (Å²) in [4.78, 5) is 14.1. The first kappa shape index (κ1) is 12.8. The average molecular weight is 241 g/mol. The van der Waals surface area contributed by atoms with Crippen LogP contribution in [0, 0.1) is 0 Å². The summed E-state index contributed by atoms with van der Waals surface area (Å²) < 4.78 is 0. The topological polar surface area (TPSA) is 64.6 Å². The third-order valence-electron chi connectivity index (χ3n) is 3.57. The van der Waals surface area contributed by atoms with Gasteiger partial charge in [0, 0.05) is 13.1 Å². The van der Waals surface area contributed by atoms with E-state index in [2.05, 4.69) is 15.5 Å². The number of aliphatic hydroxyl groups is 1. The molecule has 2 aliphatic heterocycles. The summed E-state index contributed by atoms with van der Waals surface area (Å²) >= 11 is 0. The molecule has 5 nitrogen and oxygen atoms in total. The highest BCUT2D eigenvalue weighted by atomic mass is 16.3. The van der Waals surface area contributed by atoms with E-state index in [0.717, 1.165) is 19.5 Å². The largest absolute Gasteiger partial charge is 0.392 e. The van der Waals surface area contributed by atoms with Gasteiger partial charge in [0.25, 0.3) is 0 Å². The van der Waals surface area contributed by atoms with Crippen LogP contribution in [-0.2, 0) is 4.79 Å². The second kappa shape index (κ2) is 6.33. The van der Waals surface area contributed by atoms with Gasteiger partial charge in [-0.1, -0.05) is 0 Å². The van der Waals surface area contributed by atoms with Crippen molar-refractivity contribution in [3.8, 4) is 0 Å². The third-order valence-corrected chi connectivity index (χ3v) is 3.57. The van der Waals surface area contributed by atoms with E-state index in [1.165, 1.54) is 25.9 Å². The molecule has 2 fully saturated rings. The molecule has 5 heteroatoms. The summed E-state index contributed by atoms with van der Waals surface area (Å²) in [6, 6.07) is -0.197. The van der Waals surface area contributed by atoms with Crippen molar-refractivity contribution >= 4 is 5.91 Å². The molecule has 2 atom stereocenters. The standard InChI is InChI=1S/C12H23N3O2/c16-10-8-11(14-9-10)12(17)13-4-3-7-15-5-1-2-6-15/h10-11,14,16H,1-9H2,(H,13,17). The SMILES string of the molecule is O=C(NCCCN1CCCC1)C1CC(O)CN1. The molecule has 0 aromatic rings. The van der Waals surface area contributed by atoms with Gasteiger partial charge in [0.1, 0.15) is 0 Å². The Balaban J connectivity index is 1.53. The van der Waals surface area contributed by atoms with Crippen LogP contribution in [0.15, 0.2) is 0 Å². The second-order valence-corrected chi connectivity index (χ2v) is 5.04. The average Bonchev–Trinajstić information content (AvgIpc) is 2.95.